The minimum absolute atomic E-state index is 0.157. The molecule has 0 fully saturated rings. The lowest BCUT2D eigenvalue weighted by Crippen LogP contribution is -2.13. The quantitative estimate of drug-likeness (QED) is 0.865. The number of aromatic nitrogens is 2. The van der Waals surface area contributed by atoms with Crippen molar-refractivity contribution in [1.29, 1.82) is 0 Å². The SMILES string of the molecule is COC(=O)c1nc(C)n(-c2ccccc2C(F)(F)F)c1N. The molecule has 112 valence electrons. The Labute approximate surface area is 118 Å². The third-order valence-corrected chi connectivity index (χ3v) is 2.91. The van der Waals surface area contributed by atoms with E-state index in [4.69, 9.17) is 5.73 Å². The molecule has 5 nitrogen and oxygen atoms in total. The van der Waals surface area contributed by atoms with Crippen LogP contribution in [-0.2, 0) is 10.9 Å². The standard InChI is InChI=1S/C13H12F3N3O2/c1-7-18-10(12(20)21-2)11(17)19(7)9-6-4-3-5-8(9)13(14,15)16/h3-6H,17H2,1-2H3. The van der Waals surface area contributed by atoms with E-state index in [0.717, 1.165) is 17.7 Å². The number of anilines is 1. The molecule has 0 saturated heterocycles. The van der Waals surface area contributed by atoms with E-state index in [2.05, 4.69) is 9.72 Å². The molecule has 0 aliphatic carbocycles. The number of aryl methyl sites for hydroxylation is 1. The van der Waals surface area contributed by atoms with Crippen molar-refractivity contribution in [3.8, 4) is 5.69 Å². The second-order valence-corrected chi connectivity index (χ2v) is 4.23. The van der Waals surface area contributed by atoms with Gasteiger partial charge in [0.25, 0.3) is 0 Å². The number of carbonyl (C=O) groups is 1. The Morgan fingerprint density at radius 1 is 1.33 bits per heavy atom. The van der Waals surface area contributed by atoms with Crippen molar-refractivity contribution in [2.45, 2.75) is 13.1 Å². The van der Waals surface area contributed by atoms with E-state index in [1.807, 2.05) is 0 Å². The summed E-state index contributed by atoms with van der Waals surface area (Å²) in [7, 11) is 1.14. The van der Waals surface area contributed by atoms with Gasteiger partial charge in [0, 0.05) is 0 Å². The minimum atomic E-state index is -4.55. The number of nitrogen functional groups attached to an aromatic ring is 1. The van der Waals surface area contributed by atoms with Crippen LogP contribution in [0.2, 0.25) is 0 Å². The summed E-state index contributed by atoms with van der Waals surface area (Å²) in [5.41, 5.74) is 4.48. The van der Waals surface area contributed by atoms with E-state index in [-0.39, 0.29) is 23.0 Å². The van der Waals surface area contributed by atoms with Gasteiger partial charge in [0.1, 0.15) is 11.6 Å². The van der Waals surface area contributed by atoms with Gasteiger partial charge in [0.05, 0.1) is 18.4 Å². The van der Waals surface area contributed by atoms with Crippen molar-refractivity contribution in [3.05, 3.63) is 41.3 Å². The summed E-state index contributed by atoms with van der Waals surface area (Å²) in [5.74, 6) is -0.848. The summed E-state index contributed by atoms with van der Waals surface area (Å²) in [6, 6.07) is 4.91. The highest BCUT2D eigenvalue weighted by molar-refractivity contribution is 5.92. The molecular weight excluding hydrogens is 287 g/mol. The molecule has 0 aliphatic rings. The maximum atomic E-state index is 13.1. The number of ether oxygens (including phenoxy) is 1. The van der Waals surface area contributed by atoms with Crippen molar-refractivity contribution in [3.63, 3.8) is 0 Å². The van der Waals surface area contributed by atoms with Gasteiger partial charge in [-0.2, -0.15) is 13.2 Å². The first kappa shape index (κ1) is 14.9. The molecule has 0 unspecified atom stereocenters. The molecule has 8 heteroatoms. The van der Waals surface area contributed by atoms with Crippen LogP contribution >= 0.6 is 0 Å². The molecule has 2 rings (SSSR count). The van der Waals surface area contributed by atoms with E-state index in [1.165, 1.54) is 25.1 Å². The molecule has 0 aliphatic heterocycles. The fraction of sp³-hybridized carbons (Fsp3) is 0.231. The predicted octanol–water partition coefficient (Wildman–Crippen LogP) is 2.57. The van der Waals surface area contributed by atoms with Crippen LogP contribution in [0.1, 0.15) is 21.9 Å². The number of alkyl halides is 3. The average Bonchev–Trinajstić information content (AvgIpc) is 2.72. The number of esters is 1. The summed E-state index contributed by atoms with van der Waals surface area (Å²) < 4.78 is 44.8. The Hall–Kier alpha value is -2.51. The number of para-hydroxylation sites is 1. The second-order valence-electron chi connectivity index (χ2n) is 4.23. The lowest BCUT2D eigenvalue weighted by molar-refractivity contribution is -0.137. The van der Waals surface area contributed by atoms with Crippen LogP contribution in [0.4, 0.5) is 19.0 Å². The van der Waals surface area contributed by atoms with E-state index in [9.17, 15) is 18.0 Å². The number of rotatable bonds is 2. The topological polar surface area (TPSA) is 70.1 Å². The first-order chi connectivity index (χ1) is 9.77. The Kier molecular flexibility index (Phi) is 3.63. The van der Waals surface area contributed by atoms with Crippen molar-refractivity contribution >= 4 is 11.8 Å². The molecule has 0 atom stereocenters. The molecule has 21 heavy (non-hydrogen) atoms. The average molecular weight is 299 g/mol. The van der Waals surface area contributed by atoms with Crippen molar-refractivity contribution < 1.29 is 22.7 Å². The van der Waals surface area contributed by atoms with Gasteiger partial charge in [-0.15, -0.1) is 0 Å². The zero-order chi connectivity index (χ0) is 15.8. The van der Waals surface area contributed by atoms with Crippen LogP contribution in [0.3, 0.4) is 0 Å². The largest absolute Gasteiger partial charge is 0.464 e. The summed E-state index contributed by atoms with van der Waals surface area (Å²) in [4.78, 5) is 15.4. The number of methoxy groups -OCH3 is 1. The number of hydrogen-bond acceptors (Lipinski definition) is 4. The highest BCUT2D eigenvalue weighted by atomic mass is 19.4. The van der Waals surface area contributed by atoms with E-state index < -0.39 is 17.7 Å². The van der Waals surface area contributed by atoms with Crippen LogP contribution in [0, 0.1) is 6.92 Å². The Balaban J connectivity index is 2.69. The molecular formula is C13H12F3N3O2. The summed E-state index contributed by atoms with van der Waals surface area (Å²) >= 11 is 0. The van der Waals surface area contributed by atoms with Gasteiger partial charge in [-0.25, -0.2) is 9.78 Å². The third kappa shape index (κ3) is 2.56. The molecule has 1 aromatic carbocycles. The molecule has 1 aromatic heterocycles. The zero-order valence-corrected chi connectivity index (χ0v) is 11.2. The van der Waals surface area contributed by atoms with Gasteiger partial charge in [0.15, 0.2) is 5.69 Å². The molecule has 2 aromatic rings. The highest BCUT2D eigenvalue weighted by Crippen LogP contribution is 2.35. The van der Waals surface area contributed by atoms with Crippen molar-refractivity contribution in [1.82, 2.24) is 9.55 Å². The van der Waals surface area contributed by atoms with E-state index in [1.54, 1.807) is 0 Å². The number of carbonyl (C=O) groups excluding carboxylic acids is 1. The predicted molar refractivity (Wildman–Crippen MR) is 69.1 cm³/mol. The number of nitrogens with two attached hydrogens (primary N) is 1. The molecule has 0 saturated carbocycles. The molecule has 1 heterocycles. The van der Waals surface area contributed by atoms with Crippen LogP contribution in [-0.4, -0.2) is 22.6 Å². The monoisotopic (exact) mass is 299 g/mol. The fourth-order valence-corrected chi connectivity index (χ4v) is 2.01. The summed E-state index contributed by atoms with van der Waals surface area (Å²) in [5, 5.41) is 0. The van der Waals surface area contributed by atoms with Gasteiger partial charge in [-0.3, -0.25) is 4.57 Å². The van der Waals surface area contributed by atoms with E-state index >= 15 is 0 Å². The second kappa shape index (κ2) is 5.12. The number of hydrogen-bond donors (Lipinski definition) is 1. The van der Waals surface area contributed by atoms with Crippen LogP contribution < -0.4 is 5.73 Å². The van der Waals surface area contributed by atoms with Crippen LogP contribution in [0.25, 0.3) is 5.69 Å². The summed E-state index contributed by atoms with van der Waals surface area (Å²) in [6.45, 7) is 1.45. The Morgan fingerprint density at radius 3 is 2.52 bits per heavy atom. The van der Waals surface area contributed by atoms with Gasteiger partial charge < -0.3 is 10.5 Å². The molecule has 0 amide bonds. The Morgan fingerprint density at radius 2 is 1.95 bits per heavy atom. The highest BCUT2D eigenvalue weighted by Gasteiger charge is 2.35. The maximum absolute atomic E-state index is 13.1. The number of halogens is 3. The molecule has 0 spiro atoms. The maximum Gasteiger partial charge on any atom is 0.418 e. The lowest BCUT2D eigenvalue weighted by atomic mass is 10.1. The van der Waals surface area contributed by atoms with E-state index in [0.29, 0.717) is 0 Å². The summed E-state index contributed by atoms with van der Waals surface area (Å²) in [6.07, 6.45) is -4.55. The first-order valence-corrected chi connectivity index (χ1v) is 5.87. The molecule has 2 N–H and O–H groups in total. The van der Waals surface area contributed by atoms with Gasteiger partial charge in [0.2, 0.25) is 0 Å². The lowest BCUT2D eigenvalue weighted by Gasteiger charge is -2.15. The van der Waals surface area contributed by atoms with Crippen molar-refractivity contribution in [2.75, 3.05) is 12.8 Å². The smallest absolute Gasteiger partial charge is 0.418 e. The number of nitrogens with zero attached hydrogens (tertiary/aromatic N) is 2. The molecule has 0 radical (unpaired) electrons. The zero-order valence-electron chi connectivity index (χ0n) is 11.2. The number of imidazole rings is 1. The minimum Gasteiger partial charge on any atom is -0.464 e. The first-order valence-electron chi connectivity index (χ1n) is 5.87. The molecule has 0 bridgehead atoms. The van der Waals surface area contributed by atoms with Gasteiger partial charge in [-0.05, 0) is 19.1 Å². The fourth-order valence-electron chi connectivity index (χ4n) is 2.01. The normalized spacial score (nSPS) is 11.5. The van der Waals surface area contributed by atoms with Gasteiger partial charge in [-0.1, -0.05) is 12.1 Å². The third-order valence-electron chi connectivity index (χ3n) is 2.91. The van der Waals surface area contributed by atoms with Crippen LogP contribution in [0.5, 0.6) is 0 Å². The van der Waals surface area contributed by atoms with Crippen molar-refractivity contribution in [2.24, 2.45) is 0 Å². The van der Waals surface area contributed by atoms with Gasteiger partial charge >= 0.3 is 12.1 Å². The van der Waals surface area contributed by atoms with Crippen LogP contribution in [0.15, 0.2) is 24.3 Å². The number of benzene rings is 1. The Bertz CT molecular complexity index is 692.